The first-order valence-corrected chi connectivity index (χ1v) is 35.7. The average Bonchev–Trinajstić information content (AvgIpc) is 1.60. The number of aliphatic hydroxyl groups excluding tert-OH is 5. The van der Waals surface area contributed by atoms with E-state index in [1.54, 1.807) is 29.1 Å². The molecule has 491 valence electrons. The smallest absolute Gasteiger partial charge is 0.290 e. The van der Waals surface area contributed by atoms with Gasteiger partial charge in [0.25, 0.3) is 22.8 Å². The molecule has 3 saturated heterocycles. The lowest BCUT2D eigenvalue weighted by Gasteiger charge is -2.37. The third-order valence-corrected chi connectivity index (χ3v) is 27.4. The van der Waals surface area contributed by atoms with Crippen molar-refractivity contribution in [3.05, 3.63) is 86.1 Å². The van der Waals surface area contributed by atoms with Gasteiger partial charge in [-0.3, -0.25) is 19.7 Å². The van der Waals surface area contributed by atoms with Crippen molar-refractivity contribution in [3.8, 4) is 0 Å². The van der Waals surface area contributed by atoms with Crippen LogP contribution in [-0.2, 0) is 18.6 Å². The average molecular weight is 1320 g/mol. The standard InChI is InChI=1S/C21H31N5O5Si.C15H15FN4O5.C15H17N5O5.C6H15ClSi.B/c1-20(2,3)32(5,6)30-10-12-15(28)21(4,29)18(31-12)26-9-11-7-8-13(27)23-16-14(11)17(26)25-19(22)24-16;2*1-15(24)10(23)7(5-21)25-13(15)20-4-6-2-3-8(22)17-11-9(6)12(20)19-14(16)18-11;1-6(2,3)8(4,5)7;/h7-9,12,15,18,28-29H,10H2,1-6H3,(H3,22,23,24,25,27);2-4,7,10,13,21,23-24H,5H2,1H3,(H,17,18,19,22);2-4,7,10,13,21,23-24H,5H2,1H3,(H3,16,17,18,19,22);1-5H3;/t12-,15-,18?,21-;2*7-,10-,13?,15-;;/m111../s1. The predicted octanol–water partition coefficient (Wildman–Crippen LogP) is 3.20. The van der Waals surface area contributed by atoms with Crippen LogP contribution in [-0.4, -0.2) is 185 Å². The fourth-order valence-corrected chi connectivity index (χ4v) is 11.4. The van der Waals surface area contributed by atoms with Crippen LogP contribution < -0.4 is 44.1 Å². The normalized spacial score (nSPS) is 28.2. The van der Waals surface area contributed by atoms with Gasteiger partial charge in [0.05, 0.1) is 36.0 Å². The molecule has 29 nitrogen and oxygen atoms in total. The summed E-state index contributed by atoms with van der Waals surface area (Å²) in [5, 5.41) is 94.0. The number of guanidine groups is 2. The summed E-state index contributed by atoms with van der Waals surface area (Å²) in [6.07, 6.45) is -5.69. The van der Waals surface area contributed by atoms with E-state index in [0.717, 1.165) is 0 Å². The van der Waals surface area contributed by atoms with Crippen LogP contribution in [0.25, 0.3) is 32.3 Å². The van der Waals surface area contributed by atoms with E-state index in [4.69, 9.17) is 41.2 Å². The molecule has 3 radical (unpaired) electrons. The predicted molar refractivity (Wildman–Crippen MR) is 347 cm³/mol. The molecule has 0 saturated carbocycles. The highest BCUT2D eigenvalue weighted by Gasteiger charge is 2.56. The lowest BCUT2D eigenvalue weighted by atomic mass is 9.96. The molecule has 12 atom stereocenters. The van der Waals surface area contributed by atoms with Crippen LogP contribution in [0.2, 0.25) is 36.3 Å². The van der Waals surface area contributed by atoms with Crippen molar-refractivity contribution in [1.82, 2.24) is 28.7 Å². The summed E-state index contributed by atoms with van der Waals surface area (Å²) in [4.78, 5) is 59.4. The molecule has 6 aromatic heterocycles. The lowest BCUT2D eigenvalue weighted by Crippen LogP contribution is -2.47. The zero-order chi connectivity index (χ0) is 66.5. The third-order valence-electron chi connectivity index (χ3n) is 17.6. The van der Waals surface area contributed by atoms with Gasteiger partial charge in [0.1, 0.15) is 82.5 Å². The van der Waals surface area contributed by atoms with Crippen molar-refractivity contribution in [2.24, 2.45) is 26.4 Å². The van der Waals surface area contributed by atoms with Gasteiger partial charge in [-0.1, -0.05) is 54.6 Å². The first-order chi connectivity index (χ1) is 41.6. The van der Waals surface area contributed by atoms with E-state index in [1.807, 2.05) is 0 Å². The summed E-state index contributed by atoms with van der Waals surface area (Å²) < 4.78 is 42.0. The number of halogens is 2. The van der Waals surface area contributed by atoms with Crippen LogP contribution in [0.15, 0.2) is 84.3 Å². The largest absolute Gasteiger partial charge is 0.414 e. The van der Waals surface area contributed by atoms with Crippen molar-refractivity contribution in [3.63, 3.8) is 0 Å². The number of ether oxygens (including phenoxy) is 3. The van der Waals surface area contributed by atoms with Crippen LogP contribution in [0.1, 0.15) is 81.0 Å². The van der Waals surface area contributed by atoms with E-state index in [2.05, 4.69) is 114 Å². The number of aromatic nitrogens is 6. The molecule has 0 aliphatic carbocycles. The molecule has 0 aromatic carbocycles. The number of amidine groups is 1. The number of hydrogen-bond acceptors (Lipinski definition) is 26. The monoisotopic (exact) mass is 1320 g/mol. The van der Waals surface area contributed by atoms with Crippen LogP contribution in [0.3, 0.4) is 0 Å². The molecule has 0 spiro atoms. The number of aliphatic hydroxyl groups is 8. The Morgan fingerprint density at radius 2 is 0.890 bits per heavy atom. The topological polar surface area (TPSA) is 429 Å². The molecule has 91 heavy (non-hydrogen) atoms. The van der Waals surface area contributed by atoms with E-state index in [0.29, 0.717) is 49.0 Å². The zero-order valence-corrected chi connectivity index (χ0v) is 55.2. The quantitative estimate of drug-likeness (QED) is 0.0591. The summed E-state index contributed by atoms with van der Waals surface area (Å²) in [5.74, 6) is 1.44. The van der Waals surface area contributed by atoms with Gasteiger partial charge in [0.15, 0.2) is 40.2 Å². The number of rotatable bonds is 8. The summed E-state index contributed by atoms with van der Waals surface area (Å²) in [6.45, 7) is 25.1. The summed E-state index contributed by atoms with van der Waals surface area (Å²) >= 11 is 6.15. The number of nitrogens with two attached hydrogens (primary N) is 2. The minimum absolute atomic E-state index is 0. The molecule has 34 heteroatoms. The van der Waals surface area contributed by atoms with Crippen molar-refractivity contribution >= 4 is 120 Å². The minimum Gasteiger partial charge on any atom is -0.414 e. The van der Waals surface area contributed by atoms with Gasteiger partial charge in [-0.2, -0.15) is 45.4 Å². The van der Waals surface area contributed by atoms with Crippen LogP contribution in [0.4, 0.5) is 39.3 Å². The number of nitrogens with zero attached hydrogens (tertiary/aromatic N) is 9. The van der Waals surface area contributed by atoms with Crippen molar-refractivity contribution < 1.29 is 63.9 Å². The molecule has 6 aliphatic rings. The molecule has 0 bridgehead atoms. The van der Waals surface area contributed by atoms with E-state index >= 15 is 0 Å². The Labute approximate surface area is 529 Å². The minimum atomic E-state index is -2.08. The molecule has 6 aromatic rings. The molecule has 0 amide bonds. The van der Waals surface area contributed by atoms with Crippen LogP contribution >= 0.6 is 11.1 Å². The Morgan fingerprint density at radius 1 is 0.582 bits per heavy atom. The van der Waals surface area contributed by atoms with Gasteiger partial charge in [0.2, 0.25) is 11.9 Å². The van der Waals surface area contributed by atoms with Crippen molar-refractivity contribution in [2.75, 3.05) is 35.8 Å². The van der Waals surface area contributed by atoms with Crippen LogP contribution in [0.5, 0.6) is 0 Å². The second-order valence-corrected chi connectivity index (χ2v) is 38.6. The number of nitrogens with one attached hydrogen (secondary N) is 3. The van der Waals surface area contributed by atoms with E-state index in [-0.39, 0.29) is 55.2 Å². The van der Waals surface area contributed by atoms with Gasteiger partial charge in [0, 0.05) is 61.4 Å². The fraction of sp³-hybridized carbons (Fsp3) is 0.526. The van der Waals surface area contributed by atoms with Gasteiger partial charge in [-0.05, 0) is 62.1 Å². The zero-order valence-electron chi connectivity index (χ0n) is 52.5. The van der Waals surface area contributed by atoms with E-state index in [9.17, 15) is 59.6 Å². The molecule has 12 rings (SSSR count). The second-order valence-electron chi connectivity index (χ2n) is 26.5. The Hall–Kier alpha value is -6.67. The maximum atomic E-state index is 13.9. The van der Waals surface area contributed by atoms with E-state index < -0.39 is 124 Å². The fourth-order valence-electron chi connectivity index (χ4n) is 10.4. The van der Waals surface area contributed by atoms with Crippen molar-refractivity contribution in [2.45, 2.75) is 171 Å². The summed E-state index contributed by atoms with van der Waals surface area (Å²) in [6, 6.07) is 8.59. The molecule has 3 unspecified atom stereocenters. The summed E-state index contributed by atoms with van der Waals surface area (Å²) in [7, 11) is -3.47. The van der Waals surface area contributed by atoms with E-state index in [1.165, 1.54) is 60.4 Å². The molecular weight excluding hydrogens is 1240 g/mol. The molecule has 3 fully saturated rings. The molecule has 6 aliphatic heterocycles. The lowest BCUT2D eigenvalue weighted by molar-refractivity contribution is -0.0955. The first kappa shape index (κ1) is 70.2. The number of aliphatic imine (C=N–C) groups is 3. The molecule has 15 N–H and O–H groups in total. The Kier molecular flexibility index (Phi) is 19.3. The SMILES string of the molecule is CC(C)(C)[Si](C)(C)Cl.CC(C)(C)[Si](C)(C)OC[C@H]1OC(n2cc3ccc(=O)nc4c3c2N=C(N)N4)[C@](C)(O)[C@@H]1O.C[C@]1(O)C(n2cc3ccc(=O)nc4c3c2N=C(F)N4)O[C@H](CO)[C@H]1O.C[C@]1(O)C(n2cc3ccc(=O)nc4c3c2N=C(N)N4)O[C@H](CO)[C@H]1O.[B]. The summed E-state index contributed by atoms with van der Waals surface area (Å²) in [5.41, 5.74) is 5.24. The van der Waals surface area contributed by atoms with Gasteiger partial charge in [-0.15, -0.1) is 0 Å². The van der Waals surface area contributed by atoms with Gasteiger partial charge >= 0.3 is 0 Å². The first-order valence-electron chi connectivity index (χ1n) is 28.8. The van der Waals surface area contributed by atoms with Crippen molar-refractivity contribution in [1.29, 1.82) is 0 Å². The molecular formula is C57H78BClFN14O15Si2. The highest BCUT2D eigenvalue weighted by Crippen LogP contribution is 2.49. The Morgan fingerprint density at radius 3 is 1.20 bits per heavy atom. The number of hydrogen-bond donors (Lipinski definition) is 13. The highest BCUT2D eigenvalue weighted by molar-refractivity contribution is 7.20. The maximum absolute atomic E-state index is 13.9. The maximum Gasteiger partial charge on any atom is 0.290 e. The second kappa shape index (κ2) is 25.0. The van der Waals surface area contributed by atoms with Gasteiger partial charge < -0.3 is 95.3 Å². The van der Waals surface area contributed by atoms with Crippen LogP contribution in [0, 0.1) is 0 Å². The third kappa shape index (κ3) is 13.2. The van der Waals surface area contributed by atoms with Gasteiger partial charge in [-0.25, -0.2) is 0 Å². The Balaban J connectivity index is 0.000000166. The Bertz CT molecular complexity index is 3910. The highest BCUT2D eigenvalue weighted by atomic mass is 35.6. The molecule has 12 heterocycles. The number of anilines is 3.